The van der Waals surface area contributed by atoms with Crippen LogP contribution in [-0.2, 0) is 17.7 Å². The van der Waals surface area contributed by atoms with Crippen LogP contribution in [0.2, 0.25) is 0 Å². The van der Waals surface area contributed by atoms with E-state index in [-0.39, 0.29) is 5.91 Å². The topological polar surface area (TPSA) is 75.2 Å². The SMILES string of the molecule is COc1c2c(c(OC)c(OC)c1OC)CC(CCCONC(=O)c1cccc(C)c1C)C2. The zero-order valence-electron chi connectivity index (χ0n) is 19.8. The van der Waals surface area contributed by atoms with Crippen LogP contribution < -0.4 is 24.4 Å². The van der Waals surface area contributed by atoms with Gasteiger partial charge in [-0.25, -0.2) is 5.48 Å². The molecule has 7 nitrogen and oxygen atoms in total. The minimum Gasteiger partial charge on any atom is -0.492 e. The van der Waals surface area contributed by atoms with E-state index in [9.17, 15) is 4.79 Å². The van der Waals surface area contributed by atoms with E-state index in [1.165, 1.54) is 0 Å². The molecule has 0 fully saturated rings. The highest BCUT2D eigenvalue weighted by Gasteiger charge is 2.33. The van der Waals surface area contributed by atoms with Crippen molar-refractivity contribution in [3.05, 3.63) is 46.0 Å². The third-order valence-electron chi connectivity index (χ3n) is 6.21. The highest BCUT2D eigenvalue weighted by atomic mass is 16.6. The monoisotopic (exact) mass is 443 g/mol. The minimum atomic E-state index is -0.215. The Bertz CT molecular complexity index is 931. The zero-order chi connectivity index (χ0) is 23.3. The summed E-state index contributed by atoms with van der Waals surface area (Å²) in [6.07, 6.45) is 3.50. The summed E-state index contributed by atoms with van der Waals surface area (Å²) in [6.45, 7) is 4.38. The van der Waals surface area contributed by atoms with Crippen LogP contribution in [0.3, 0.4) is 0 Å². The number of carbonyl (C=O) groups excluding carboxylic acids is 1. The molecule has 1 N–H and O–H groups in total. The Morgan fingerprint density at radius 2 is 1.47 bits per heavy atom. The fourth-order valence-corrected chi connectivity index (χ4v) is 4.46. The summed E-state index contributed by atoms with van der Waals surface area (Å²) < 4.78 is 22.4. The molecule has 2 aromatic carbocycles. The van der Waals surface area contributed by atoms with Crippen LogP contribution in [-0.4, -0.2) is 41.0 Å². The van der Waals surface area contributed by atoms with Gasteiger partial charge in [0.25, 0.3) is 5.91 Å². The molecular formula is C25H33NO6. The van der Waals surface area contributed by atoms with Gasteiger partial charge in [-0.2, -0.15) is 0 Å². The molecule has 0 heterocycles. The Hall–Kier alpha value is -2.93. The van der Waals surface area contributed by atoms with Gasteiger partial charge in [-0.1, -0.05) is 12.1 Å². The number of methoxy groups -OCH3 is 4. The van der Waals surface area contributed by atoms with Crippen molar-refractivity contribution in [3.63, 3.8) is 0 Å². The smallest absolute Gasteiger partial charge is 0.275 e. The molecule has 0 aromatic heterocycles. The molecular weight excluding hydrogens is 410 g/mol. The summed E-state index contributed by atoms with van der Waals surface area (Å²) in [5, 5.41) is 0. The summed E-state index contributed by atoms with van der Waals surface area (Å²) in [5.41, 5.74) is 7.46. The van der Waals surface area contributed by atoms with Crippen molar-refractivity contribution >= 4 is 5.91 Å². The normalized spacial score (nSPS) is 12.9. The molecule has 0 aliphatic heterocycles. The van der Waals surface area contributed by atoms with E-state index in [0.29, 0.717) is 41.1 Å². The highest BCUT2D eigenvalue weighted by Crippen LogP contribution is 2.53. The van der Waals surface area contributed by atoms with E-state index < -0.39 is 0 Å². The van der Waals surface area contributed by atoms with Crippen LogP contribution in [0.25, 0.3) is 0 Å². The molecule has 1 amide bonds. The molecule has 0 bridgehead atoms. The van der Waals surface area contributed by atoms with E-state index in [4.69, 9.17) is 23.8 Å². The molecule has 0 spiro atoms. The van der Waals surface area contributed by atoms with Gasteiger partial charge in [-0.05, 0) is 62.6 Å². The molecule has 1 aliphatic rings. The Labute approximate surface area is 189 Å². The number of carbonyl (C=O) groups is 1. The van der Waals surface area contributed by atoms with Gasteiger partial charge in [0, 0.05) is 16.7 Å². The van der Waals surface area contributed by atoms with E-state index >= 15 is 0 Å². The van der Waals surface area contributed by atoms with Crippen LogP contribution in [0, 0.1) is 19.8 Å². The van der Waals surface area contributed by atoms with Gasteiger partial charge < -0.3 is 18.9 Å². The molecule has 1 aliphatic carbocycles. The van der Waals surface area contributed by atoms with Gasteiger partial charge in [0.1, 0.15) is 0 Å². The maximum Gasteiger partial charge on any atom is 0.275 e. The summed E-state index contributed by atoms with van der Waals surface area (Å²) in [7, 11) is 6.48. The lowest BCUT2D eigenvalue weighted by Gasteiger charge is -2.19. The number of hydroxylamine groups is 1. The molecule has 0 saturated heterocycles. The number of nitrogens with one attached hydrogen (secondary N) is 1. The number of benzene rings is 2. The van der Waals surface area contributed by atoms with E-state index in [2.05, 4.69) is 5.48 Å². The first-order chi connectivity index (χ1) is 15.5. The number of rotatable bonds is 10. The number of aryl methyl sites for hydroxylation is 1. The third-order valence-corrected chi connectivity index (χ3v) is 6.21. The molecule has 0 unspecified atom stereocenters. The Morgan fingerprint density at radius 1 is 0.906 bits per heavy atom. The van der Waals surface area contributed by atoms with Crippen LogP contribution in [0.15, 0.2) is 18.2 Å². The van der Waals surface area contributed by atoms with Crippen molar-refractivity contribution in [2.45, 2.75) is 39.5 Å². The van der Waals surface area contributed by atoms with Crippen molar-refractivity contribution < 1.29 is 28.6 Å². The van der Waals surface area contributed by atoms with E-state index in [0.717, 1.165) is 47.9 Å². The molecule has 32 heavy (non-hydrogen) atoms. The molecule has 0 atom stereocenters. The van der Waals surface area contributed by atoms with Crippen molar-refractivity contribution in [1.29, 1.82) is 0 Å². The standard InChI is InChI=1S/C25H33NO6/c1-15-9-7-11-18(16(15)2)25(27)26-32-12-8-10-17-13-19-20(14-17)22(29-4)24(31-6)23(30-5)21(19)28-3/h7,9,11,17H,8,10,12-14H2,1-6H3,(H,26,27). The molecule has 0 saturated carbocycles. The van der Waals surface area contributed by atoms with Crippen molar-refractivity contribution in [1.82, 2.24) is 5.48 Å². The Balaban J connectivity index is 1.57. The Morgan fingerprint density at radius 3 is 2.00 bits per heavy atom. The predicted octanol–water partition coefficient (Wildman–Crippen LogP) is 4.19. The van der Waals surface area contributed by atoms with Gasteiger partial charge >= 0.3 is 0 Å². The number of ether oxygens (including phenoxy) is 4. The van der Waals surface area contributed by atoms with Crippen LogP contribution in [0.4, 0.5) is 0 Å². The van der Waals surface area contributed by atoms with Gasteiger partial charge in [0.2, 0.25) is 11.5 Å². The number of fused-ring (bicyclic) bond motifs is 1. The molecule has 174 valence electrons. The Kier molecular flexibility index (Phi) is 7.85. The van der Waals surface area contributed by atoms with Crippen molar-refractivity contribution in [2.75, 3.05) is 35.0 Å². The zero-order valence-corrected chi connectivity index (χ0v) is 19.8. The lowest BCUT2D eigenvalue weighted by atomic mass is 10.0. The molecule has 2 aromatic rings. The quantitative estimate of drug-likeness (QED) is 0.438. The number of hydrogen-bond donors (Lipinski definition) is 1. The first-order valence-electron chi connectivity index (χ1n) is 10.8. The lowest BCUT2D eigenvalue weighted by Crippen LogP contribution is -2.25. The summed E-state index contributed by atoms with van der Waals surface area (Å²) in [6, 6.07) is 5.67. The average molecular weight is 444 g/mol. The second kappa shape index (κ2) is 10.6. The first-order valence-corrected chi connectivity index (χ1v) is 10.8. The number of amides is 1. The molecule has 7 heteroatoms. The maximum atomic E-state index is 12.4. The summed E-state index contributed by atoms with van der Waals surface area (Å²) in [5.74, 6) is 2.74. The minimum absolute atomic E-state index is 0.215. The van der Waals surface area contributed by atoms with Crippen LogP contribution in [0.5, 0.6) is 23.0 Å². The highest BCUT2D eigenvalue weighted by molar-refractivity contribution is 5.95. The van der Waals surface area contributed by atoms with Crippen LogP contribution >= 0.6 is 0 Å². The first kappa shape index (κ1) is 23.7. The van der Waals surface area contributed by atoms with Crippen LogP contribution in [0.1, 0.15) is 45.5 Å². The second-order valence-corrected chi connectivity index (χ2v) is 8.03. The number of hydrogen-bond acceptors (Lipinski definition) is 6. The largest absolute Gasteiger partial charge is 0.492 e. The van der Waals surface area contributed by atoms with Gasteiger partial charge in [0.05, 0.1) is 35.0 Å². The lowest BCUT2D eigenvalue weighted by molar-refractivity contribution is 0.0288. The van der Waals surface area contributed by atoms with Gasteiger partial charge in [-0.3, -0.25) is 9.63 Å². The molecule has 0 radical (unpaired) electrons. The van der Waals surface area contributed by atoms with Gasteiger partial charge in [-0.15, -0.1) is 0 Å². The summed E-state index contributed by atoms with van der Waals surface area (Å²) >= 11 is 0. The van der Waals surface area contributed by atoms with E-state index in [1.54, 1.807) is 34.5 Å². The second-order valence-electron chi connectivity index (χ2n) is 8.03. The third kappa shape index (κ3) is 4.63. The van der Waals surface area contributed by atoms with Crippen molar-refractivity contribution in [2.24, 2.45) is 5.92 Å². The molecule has 3 rings (SSSR count). The fourth-order valence-electron chi connectivity index (χ4n) is 4.46. The van der Waals surface area contributed by atoms with Crippen molar-refractivity contribution in [3.8, 4) is 23.0 Å². The van der Waals surface area contributed by atoms with Gasteiger partial charge in [0.15, 0.2) is 11.5 Å². The van der Waals surface area contributed by atoms with E-state index in [1.807, 2.05) is 26.0 Å². The average Bonchev–Trinajstić information content (AvgIpc) is 3.22. The fraction of sp³-hybridized carbons (Fsp3) is 0.480. The predicted molar refractivity (Wildman–Crippen MR) is 122 cm³/mol. The maximum absolute atomic E-state index is 12.4. The summed E-state index contributed by atoms with van der Waals surface area (Å²) in [4.78, 5) is 17.8.